The molecule has 0 spiro atoms. The summed E-state index contributed by atoms with van der Waals surface area (Å²) in [6.07, 6.45) is 18.8. The maximum atomic E-state index is 11.0. The Kier molecular flexibility index (Phi) is 12.3. The Hall–Kier alpha value is -1.57. The molecule has 2 nitrogen and oxygen atoms in total. The third-order valence-electron chi connectivity index (χ3n) is 2.27. The minimum atomic E-state index is -0.344. The molecule has 0 saturated heterocycles. The highest BCUT2D eigenvalue weighted by Crippen LogP contribution is 2.02. The molecular weight excluding hydrogens is 224 g/mol. The largest absolute Gasteiger partial charge is 0.458 e. The number of unbranched alkanes of at least 4 members (excludes halogenated alkanes) is 4. The summed E-state index contributed by atoms with van der Waals surface area (Å²) < 4.78 is 4.78. The van der Waals surface area contributed by atoms with Crippen molar-refractivity contribution in [3.8, 4) is 0 Å². The van der Waals surface area contributed by atoms with Crippen molar-refractivity contribution in [1.29, 1.82) is 0 Å². The van der Waals surface area contributed by atoms with Gasteiger partial charge in [-0.15, -0.1) is 0 Å². The highest BCUT2D eigenvalue weighted by atomic mass is 16.5. The number of esters is 1. The first-order valence-electron chi connectivity index (χ1n) is 6.58. The summed E-state index contributed by atoms with van der Waals surface area (Å²) >= 11 is 0. The first-order chi connectivity index (χ1) is 8.81. The van der Waals surface area contributed by atoms with Crippen molar-refractivity contribution in [1.82, 2.24) is 0 Å². The van der Waals surface area contributed by atoms with Gasteiger partial charge in [-0.2, -0.15) is 0 Å². The lowest BCUT2D eigenvalue weighted by Crippen LogP contribution is -1.99. The first kappa shape index (κ1) is 16.4. The monoisotopic (exact) mass is 248 g/mol. The average Bonchev–Trinajstić information content (AvgIpc) is 2.38. The van der Waals surface area contributed by atoms with Gasteiger partial charge >= 0.3 is 5.97 Å². The molecule has 0 amide bonds. The number of hydrogen-bond donors (Lipinski definition) is 0. The molecule has 18 heavy (non-hydrogen) atoms. The molecule has 0 aliphatic heterocycles. The molecule has 0 unspecified atom stereocenters. The second kappa shape index (κ2) is 13.5. The van der Waals surface area contributed by atoms with Crippen LogP contribution in [0.3, 0.4) is 0 Å². The van der Waals surface area contributed by atoms with Crippen LogP contribution < -0.4 is 0 Å². The molecule has 0 aromatic carbocycles. The van der Waals surface area contributed by atoms with Crippen LogP contribution in [0, 0.1) is 0 Å². The van der Waals surface area contributed by atoms with Crippen molar-refractivity contribution in [3.05, 3.63) is 49.1 Å². The third-order valence-corrected chi connectivity index (χ3v) is 2.27. The Morgan fingerprint density at radius 1 is 1.11 bits per heavy atom. The van der Waals surface area contributed by atoms with Crippen molar-refractivity contribution < 1.29 is 9.53 Å². The molecule has 100 valence electrons. The molecule has 0 radical (unpaired) electrons. The van der Waals surface area contributed by atoms with Crippen LogP contribution in [0.25, 0.3) is 0 Å². The summed E-state index contributed by atoms with van der Waals surface area (Å²) in [7, 11) is 0. The number of carbonyl (C=O) groups excluding carboxylic acids is 1. The van der Waals surface area contributed by atoms with Gasteiger partial charge in [0.15, 0.2) is 0 Å². The van der Waals surface area contributed by atoms with Crippen LogP contribution in [0.4, 0.5) is 0 Å². The highest BCUT2D eigenvalue weighted by Gasteiger charge is 1.90. The highest BCUT2D eigenvalue weighted by molar-refractivity contribution is 5.82. The van der Waals surface area contributed by atoms with Gasteiger partial charge in [-0.1, -0.05) is 69.2 Å². The van der Waals surface area contributed by atoms with E-state index >= 15 is 0 Å². The molecule has 0 atom stereocenters. The minimum absolute atomic E-state index is 0.255. The van der Waals surface area contributed by atoms with Gasteiger partial charge < -0.3 is 4.74 Å². The maximum absolute atomic E-state index is 11.0. The van der Waals surface area contributed by atoms with Gasteiger partial charge in [-0.05, 0) is 12.8 Å². The van der Waals surface area contributed by atoms with Gasteiger partial charge in [0, 0.05) is 6.08 Å². The van der Waals surface area contributed by atoms with Crippen LogP contribution in [0.5, 0.6) is 0 Å². The molecule has 0 aromatic heterocycles. The van der Waals surface area contributed by atoms with E-state index in [0.717, 1.165) is 6.42 Å². The van der Waals surface area contributed by atoms with E-state index < -0.39 is 0 Å². The number of hydrogen-bond acceptors (Lipinski definition) is 2. The van der Waals surface area contributed by atoms with Crippen molar-refractivity contribution in [2.75, 3.05) is 6.61 Å². The lowest BCUT2D eigenvalue weighted by atomic mass is 10.1. The van der Waals surface area contributed by atoms with E-state index in [2.05, 4.69) is 19.6 Å². The van der Waals surface area contributed by atoms with Crippen LogP contribution in [-0.2, 0) is 9.53 Å². The van der Waals surface area contributed by atoms with Crippen molar-refractivity contribution >= 4 is 5.97 Å². The van der Waals surface area contributed by atoms with E-state index in [-0.39, 0.29) is 12.6 Å². The molecule has 0 aliphatic carbocycles. The summed E-state index contributed by atoms with van der Waals surface area (Å²) in [5.41, 5.74) is 0. The zero-order valence-electron chi connectivity index (χ0n) is 11.3. The quantitative estimate of drug-likeness (QED) is 0.189. The second-order valence-corrected chi connectivity index (χ2v) is 3.94. The Morgan fingerprint density at radius 2 is 1.89 bits per heavy atom. The van der Waals surface area contributed by atoms with Gasteiger partial charge in [-0.25, -0.2) is 4.79 Å². The Balaban J connectivity index is 3.57. The fraction of sp³-hybridized carbons (Fsp3) is 0.438. The van der Waals surface area contributed by atoms with Crippen LogP contribution in [-0.4, -0.2) is 12.6 Å². The topological polar surface area (TPSA) is 26.3 Å². The fourth-order valence-corrected chi connectivity index (χ4v) is 1.32. The Labute approximate surface area is 111 Å². The summed E-state index contributed by atoms with van der Waals surface area (Å²) in [5, 5.41) is 0. The number of rotatable bonds is 10. The minimum Gasteiger partial charge on any atom is -0.458 e. The van der Waals surface area contributed by atoms with E-state index in [1.807, 2.05) is 18.2 Å². The second-order valence-electron chi connectivity index (χ2n) is 3.94. The molecular formula is C16H24O2. The van der Waals surface area contributed by atoms with Crippen molar-refractivity contribution in [2.45, 2.75) is 39.0 Å². The van der Waals surface area contributed by atoms with Crippen LogP contribution in [0.15, 0.2) is 49.1 Å². The Bertz CT molecular complexity index is 298. The SMILES string of the molecule is C=CCOC(=O)/C=C/C=CC=CCCCCCC. The van der Waals surface area contributed by atoms with Crippen LogP contribution >= 0.6 is 0 Å². The van der Waals surface area contributed by atoms with E-state index in [4.69, 9.17) is 4.74 Å². The van der Waals surface area contributed by atoms with E-state index in [0.29, 0.717) is 0 Å². The average molecular weight is 248 g/mol. The zero-order chi connectivity index (χ0) is 13.5. The van der Waals surface area contributed by atoms with Crippen molar-refractivity contribution in [3.63, 3.8) is 0 Å². The summed E-state index contributed by atoms with van der Waals surface area (Å²) in [6, 6.07) is 0. The van der Waals surface area contributed by atoms with Gasteiger partial charge in [-0.3, -0.25) is 0 Å². The van der Waals surface area contributed by atoms with Gasteiger partial charge in [0.25, 0.3) is 0 Å². The molecule has 0 saturated carbocycles. The summed E-state index contributed by atoms with van der Waals surface area (Å²) in [6.45, 7) is 5.93. The maximum Gasteiger partial charge on any atom is 0.331 e. The number of allylic oxidation sites excluding steroid dienone is 5. The molecule has 0 N–H and O–H groups in total. The normalized spacial score (nSPS) is 11.6. The van der Waals surface area contributed by atoms with Gasteiger partial charge in [0.05, 0.1) is 0 Å². The summed E-state index contributed by atoms with van der Waals surface area (Å²) in [5.74, 6) is -0.344. The molecule has 2 heteroatoms. The van der Waals surface area contributed by atoms with Gasteiger partial charge in [0.1, 0.15) is 6.61 Å². The third kappa shape index (κ3) is 12.5. The molecule has 0 rings (SSSR count). The van der Waals surface area contributed by atoms with Crippen LogP contribution in [0.2, 0.25) is 0 Å². The van der Waals surface area contributed by atoms with E-state index in [1.165, 1.54) is 31.8 Å². The predicted molar refractivity (Wildman–Crippen MR) is 77.3 cm³/mol. The smallest absolute Gasteiger partial charge is 0.331 e. The van der Waals surface area contributed by atoms with Crippen molar-refractivity contribution in [2.24, 2.45) is 0 Å². The number of ether oxygens (including phenoxy) is 1. The standard InChI is InChI=1S/C16H24O2/c1-3-5-6-7-8-9-10-11-12-13-14-16(17)18-15-4-2/h4,9-14H,2-3,5-8,15H2,1H3/b10-9?,12-11?,14-13+. The lowest BCUT2D eigenvalue weighted by Gasteiger charge is -1.93. The molecule has 0 aliphatic rings. The molecule has 0 fully saturated rings. The molecule has 0 heterocycles. The van der Waals surface area contributed by atoms with Crippen LogP contribution in [0.1, 0.15) is 39.0 Å². The Morgan fingerprint density at radius 3 is 2.61 bits per heavy atom. The summed E-state index contributed by atoms with van der Waals surface area (Å²) in [4.78, 5) is 11.0. The fourth-order valence-electron chi connectivity index (χ4n) is 1.32. The molecule has 0 aromatic rings. The van der Waals surface area contributed by atoms with E-state index in [1.54, 1.807) is 12.2 Å². The number of carbonyl (C=O) groups is 1. The zero-order valence-corrected chi connectivity index (χ0v) is 11.3. The lowest BCUT2D eigenvalue weighted by molar-refractivity contribution is -0.136. The predicted octanol–water partition coefficient (Wildman–Crippen LogP) is 4.35. The van der Waals surface area contributed by atoms with E-state index in [9.17, 15) is 4.79 Å². The first-order valence-corrected chi connectivity index (χ1v) is 6.58. The van der Waals surface area contributed by atoms with Gasteiger partial charge in [0.2, 0.25) is 0 Å². The molecule has 0 bridgehead atoms.